The highest BCUT2D eigenvalue weighted by Gasteiger charge is 2.46. The van der Waals surface area contributed by atoms with E-state index in [0.29, 0.717) is 0 Å². The molecule has 0 radical (unpaired) electrons. The molecule has 2 unspecified atom stereocenters. The number of hydrogen-bond donors (Lipinski definition) is 1. The molecule has 1 heterocycles. The Kier molecular flexibility index (Phi) is 3.39. The highest BCUT2D eigenvalue weighted by Crippen LogP contribution is 2.42. The zero-order chi connectivity index (χ0) is 13.4. The van der Waals surface area contributed by atoms with E-state index in [1.165, 1.54) is 19.3 Å². The second-order valence-electron chi connectivity index (χ2n) is 6.23. The quantitative estimate of drug-likeness (QED) is 0.841. The minimum absolute atomic E-state index is 0.0166. The van der Waals surface area contributed by atoms with E-state index in [0.717, 1.165) is 18.7 Å². The number of ether oxygens (including phenoxy) is 1. The summed E-state index contributed by atoms with van der Waals surface area (Å²) in [6.45, 7) is 6.00. The number of nitrogens with zero attached hydrogens (tertiary/aromatic N) is 1. The number of aliphatic carboxylic acids is 1. The van der Waals surface area contributed by atoms with E-state index in [2.05, 4.69) is 11.9 Å². The molecule has 1 saturated carbocycles. The molecule has 0 aromatic carbocycles. The molecular formula is C14H23NO3. The lowest BCUT2D eigenvalue weighted by Gasteiger charge is -2.32. The van der Waals surface area contributed by atoms with Crippen molar-refractivity contribution >= 4 is 11.9 Å². The van der Waals surface area contributed by atoms with Gasteiger partial charge in [-0.1, -0.05) is 26.2 Å². The third-order valence-electron chi connectivity index (χ3n) is 4.50. The molecule has 18 heavy (non-hydrogen) atoms. The highest BCUT2D eigenvalue weighted by atomic mass is 16.5. The standard InChI is InChI=1S/C14H23NO3/c1-10-14(3,9-11(16)17)15-12(18-10)13(2)7-5-4-6-8-13/h10H,4-9H2,1-3H3,(H,16,17). The van der Waals surface area contributed by atoms with Crippen LogP contribution in [0.25, 0.3) is 0 Å². The van der Waals surface area contributed by atoms with Crippen molar-refractivity contribution in [3.63, 3.8) is 0 Å². The monoisotopic (exact) mass is 253 g/mol. The Hall–Kier alpha value is -1.06. The van der Waals surface area contributed by atoms with Crippen molar-refractivity contribution < 1.29 is 14.6 Å². The molecule has 1 N–H and O–H groups in total. The van der Waals surface area contributed by atoms with Crippen molar-refractivity contribution in [1.29, 1.82) is 0 Å². The number of aliphatic imine (C=N–C) groups is 1. The first kappa shape index (κ1) is 13.4. The summed E-state index contributed by atoms with van der Waals surface area (Å²) in [5.74, 6) is -0.0230. The molecule has 1 fully saturated rings. The minimum atomic E-state index is -0.813. The van der Waals surface area contributed by atoms with Crippen LogP contribution in [0.15, 0.2) is 4.99 Å². The van der Waals surface area contributed by atoms with E-state index in [-0.39, 0.29) is 17.9 Å². The minimum Gasteiger partial charge on any atom is -0.481 e. The molecule has 4 heteroatoms. The van der Waals surface area contributed by atoms with Crippen LogP contribution in [-0.2, 0) is 9.53 Å². The van der Waals surface area contributed by atoms with Crippen LogP contribution in [0.1, 0.15) is 59.3 Å². The van der Waals surface area contributed by atoms with Crippen molar-refractivity contribution in [2.45, 2.75) is 70.9 Å². The largest absolute Gasteiger partial charge is 0.481 e. The molecular weight excluding hydrogens is 230 g/mol. The first-order chi connectivity index (χ1) is 8.36. The van der Waals surface area contributed by atoms with Gasteiger partial charge in [0.15, 0.2) is 5.90 Å². The zero-order valence-electron chi connectivity index (χ0n) is 11.5. The molecule has 4 nitrogen and oxygen atoms in total. The lowest BCUT2D eigenvalue weighted by atomic mass is 9.75. The Labute approximate surface area is 108 Å². The van der Waals surface area contributed by atoms with Crippen LogP contribution in [0.2, 0.25) is 0 Å². The fourth-order valence-corrected chi connectivity index (χ4v) is 2.96. The molecule has 1 aliphatic carbocycles. The van der Waals surface area contributed by atoms with Gasteiger partial charge in [0.2, 0.25) is 0 Å². The summed E-state index contributed by atoms with van der Waals surface area (Å²) in [6, 6.07) is 0. The number of rotatable bonds is 3. The molecule has 0 aromatic heterocycles. The summed E-state index contributed by atoms with van der Waals surface area (Å²) in [7, 11) is 0. The van der Waals surface area contributed by atoms with Crippen LogP contribution >= 0.6 is 0 Å². The predicted octanol–water partition coefficient (Wildman–Crippen LogP) is 3.01. The Morgan fingerprint density at radius 2 is 2.00 bits per heavy atom. The lowest BCUT2D eigenvalue weighted by Crippen LogP contribution is -2.35. The average molecular weight is 253 g/mol. The summed E-state index contributed by atoms with van der Waals surface area (Å²) in [5.41, 5.74) is -0.593. The van der Waals surface area contributed by atoms with Gasteiger partial charge in [-0.15, -0.1) is 0 Å². The predicted molar refractivity (Wildman–Crippen MR) is 69.8 cm³/mol. The van der Waals surface area contributed by atoms with Crippen LogP contribution in [0, 0.1) is 5.41 Å². The summed E-state index contributed by atoms with van der Waals surface area (Å²) < 4.78 is 5.91. The van der Waals surface area contributed by atoms with E-state index >= 15 is 0 Å². The summed E-state index contributed by atoms with van der Waals surface area (Å²) >= 11 is 0. The molecule has 0 saturated heterocycles. The fourth-order valence-electron chi connectivity index (χ4n) is 2.96. The molecule has 2 aliphatic rings. The Bertz CT molecular complexity index is 371. The van der Waals surface area contributed by atoms with Gasteiger partial charge in [0.25, 0.3) is 0 Å². The lowest BCUT2D eigenvalue weighted by molar-refractivity contribution is -0.138. The summed E-state index contributed by atoms with van der Waals surface area (Å²) in [5, 5.41) is 8.99. The van der Waals surface area contributed by atoms with E-state index in [1.807, 2.05) is 13.8 Å². The van der Waals surface area contributed by atoms with Gasteiger partial charge in [0.05, 0.1) is 6.42 Å². The van der Waals surface area contributed by atoms with Crippen LogP contribution in [-0.4, -0.2) is 28.6 Å². The van der Waals surface area contributed by atoms with E-state index < -0.39 is 11.5 Å². The topological polar surface area (TPSA) is 58.9 Å². The Morgan fingerprint density at radius 1 is 1.39 bits per heavy atom. The van der Waals surface area contributed by atoms with Crippen LogP contribution in [0.3, 0.4) is 0 Å². The maximum Gasteiger partial charge on any atom is 0.305 e. The third-order valence-corrected chi connectivity index (χ3v) is 4.50. The molecule has 0 bridgehead atoms. The first-order valence-electron chi connectivity index (χ1n) is 6.85. The normalized spacial score (nSPS) is 34.8. The smallest absolute Gasteiger partial charge is 0.305 e. The highest BCUT2D eigenvalue weighted by molar-refractivity contribution is 5.85. The first-order valence-corrected chi connectivity index (χ1v) is 6.85. The molecule has 0 amide bonds. The van der Waals surface area contributed by atoms with Crippen molar-refractivity contribution in [2.24, 2.45) is 10.4 Å². The Balaban J connectivity index is 2.19. The van der Waals surface area contributed by atoms with Gasteiger partial charge >= 0.3 is 5.97 Å². The third kappa shape index (κ3) is 2.38. The van der Waals surface area contributed by atoms with Gasteiger partial charge in [-0.2, -0.15) is 0 Å². The van der Waals surface area contributed by atoms with Gasteiger partial charge in [0, 0.05) is 5.41 Å². The average Bonchev–Trinajstić information content (AvgIpc) is 2.56. The number of hydrogen-bond acceptors (Lipinski definition) is 3. The number of carboxylic acid groups (broad SMARTS) is 1. The molecule has 2 atom stereocenters. The molecule has 102 valence electrons. The van der Waals surface area contributed by atoms with Gasteiger partial charge in [-0.3, -0.25) is 4.79 Å². The van der Waals surface area contributed by atoms with Gasteiger partial charge in [0.1, 0.15) is 11.6 Å². The van der Waals surface area contributed by atoms with E-state index in [4.69, 9.17) is 9.84 Å². The van der Waals surface area contributed by atoms with Crippen LogP contribution in [0.5, 0.6) is 0 Å². The summed E-state index contributed by atoms with van der Waals surface area (Å²) in [4.78, 5) is 15.6. The SMILES string of the molecule is CC1OC(C2(C)CCCCC2)=NC1(C)CC(=O)O. The fraction of sp³-hybridized carbons (Fsp3) is 0.857. The van der Waals surface area contributed by atoms with Gasteiger partial charge < -0.3 is 9.84 Å². The van der Waals surface area contributed by atoms with Crippen molar-refractivity contribution in [3.05, 3.63) is 0 Å². The maximum atomic E-state index is 10.9. The van der Waals surface area contributed by atoms with Crippen molar-refractivity contribution in [3.8, 4) is 0 Å². The van der Waals surface area contributed by atoms with Crippen molar-refractivity contribution in [2.75, 3.05) is 0 Å². The molecule has 0 aromatic rings. The van der Waals surface area contributed by atoms with Crippen LogP contribution in [0.4, 0.5) is 0 Å². The number of carboxylic acids is 1. The van der Waals surface area contributed by atoms with Gasteiger partial charge in [-0.25, -0.2) is 4.99 Å². The van der Waals surface area contributed by atoms with E-state index in [1.54, 1.807) is 0 Å². The molecule has 1 aliphatic heterocycles. The van der Waals surface area contributed by atoms with Crippen molar-refractivity contribution in [1.82, 2.24) is 0 Å². The summed E-state index contributed by atoms with van der Waals surface area (Å²) in [6.07, 6.45) is 5.79. The van der Waals surface area contributed by atoms with E-state index in [9.17, 15) is 4.79 Å². The second-order valence-corrected chi connectivity index (χ2v) is 6.23. The van der Waals surface area contributed by atoms with Crippen LogP contribution < -0.4 is 0 Å². The maximum absolute atomic E-state index is 10.9. The second kappa shape index (κ2) is 4.56. The molecule has 0 spiro atoms. The number of carbonyl (C=O) groups is 1. The molecule has 2 rings (SSSR count). The Morgan fingerprint density at radius 3 is 2.56 bits per heavy atom. The zero-order valence-corrected chi connectivity index (χ0v) is 11.5. The van der Waals surface area contributed by atoms with Gasteiger partial charge in [-0.05, 0) is 26.7 Å².